The van der Waals surface area contributed by atoms with E-state index < -0.39 is 24.1 Å². The summed E-state index contributed by atoms with van der Waals surface area (Å²) < 4.78 is 35.1. The van der Waals surface area contributed by atoms with Crippen molar-refractivity contribution in [3.8, 4) is 11.5 Å². The standard InChI is InChI=1S/C19H17BrF2N2O4/c1-19(12-4-3-5-13(20)9-12)16(25)24(18(26)23-19)10-11-6-7-14(28-17(21)22)15(8-11)27-2/h3-9,17H,10H2,1-2H3,(H,23,26). The molecule has 1 fully saturated rings. The lowest BCUT2D eigenvalue weighted by Crippen LogP contribution is -2.40. The lowest BCUT2D eigenvalue weighted by atomic mass is 9.92. The van der Waals surface area contributed by atoms with Crippen molar-refractivity contribution in [2.24, 2.45) is 0 Å². The van der Waals surface area contributed by atoms with Crippen LogP contribution in [0.25, 0.3) is 0 Å². The molecule has 0 aliphatic carbocycles. The lowest BCUT2D eigenvalue weighted by molar-refractivity contribution is -0.131. The molecule has 0 radical (unpaired) electrons. The maximum atomic E-state index is 13.0. The Bertz CT molecular complexity index is 925. The number of methoxy groups -OCH3 is 1. The number of amides is 3. The Kier molecular flexibility index (Phi) is 5.55. The Morgan fingerprint density at radius 2 is 1.93 bits per heavy atom. The minimum atomic E-state index is -2.99. The average Bonchev–Trinajstić information content (AvgIpc) is 2.86. The van der Waals surface area contributed by atoms with Crippen LogP contribution >= 0.6 is 15.9 Å². The van der Waals surface area contributed by atoms with Gasteiger partial charge in [0.1, 0.15) is 5.54 Å². The maximum absolute atomic E-state index is 13.0. The largest absolute Gasteiger partial charge is 0.493 e. The second-order valence-electron chi connectivity index (χ2n) is 6.32. The van der Waals surface area contributed by atoms with E-state index in [-0.39, 0.29) is 18.0 Å². The van der Waals surface area contributed by atoms with Crippen LogP contribution in [0.2, 0.25) is 0 Å². The van der Waals surface area contributed by atoms with E-state index in [1.165, 1.54) is 25.3 Å². The number of nitrogens with zero attached hydrogens (tertiary/aromatic N) is 1. The van der Waals surface area contributed by atoms with Crippen molar-refractivity contribution in [1.82, 2.24) is 10.2 Å². The van der Waals surface area contributed by atoms with Crippen LogP contribution in [0.1, 0.15) is 18.1 Å². The van der Waals surface area contributed by atoms with Crippen molar-refractivity contribution in [2.75, 3.05) is 7.11 Å². The summed E-state index contributed by atoms with van der Waals surface area (Å²) in [6.07, 6.45) is 0. The topological polar surface area (TPSA) is 67.9 Å². The molecule has 2 aromatic carbocycles. The van der Waals surface area contributed by atoms with Gasteiger partial charge in [-0.05, 0) is 42.3 Å². The molecule has 1 aliphatic rings. The second kappa shape index (κ2) is 7.75. The van der Waals surface area contributed by atoms with Gasteiger partial charge in [0.25, 0.3) is 5.91 Å². The van der Waals surface area contributed by atoms with Crippen LogP contribution in [0, 0.1) is 0 Å². The van der Waals surface area contributed by atoms with Gasteiger partial charge in [-0.1, -0.05) is 34.1 Å². The molecule has 1 saturated heterocycles. The van der Waals surface area contributed by atoms with Crippen LogP contribution in [0.15, 0.2) is 46.9 Å². The van der Waals surface area contributed by atoms with Crippen molar-refractivity contribution >= 4 is 27.9 Å². The van der Waals surface area contributed by atoms with Crippen LogP contribution in [-0.2, 0) is 16.9 Å². The zero-order valence-corrected chi connectivity index (χ0v) is 16.6. The van der Waals surface area contributed by atoms with Crippen molar-refractivity contribution in [3.63, 3.8) is 0 Å². The Hall–Kier alpha value is -2.68. The summed E-state index contributed by atoms with van der Waals surface area (Å²) in [6, 6.07) is 10.8. The predicted molar refractivity (Wildman–Crippen MR) is 100 cm³/mol. The van der Waals surface area contributed by atoms with Gasteiger partial charge in [-0.3, -0.25) is 9.69 Å². The van der Waals surface area contributed by atoms with Crippen LogP contribution < -0.4 is 14.8 Å². The minimum absolute atomic E-state index is 0.0421. The van der Waals surface area contributed by atoms with Gasteiger partial charge in [-0.25, -0.2) is 4.79 Å². The minimum Gasteiger partial charge on any atom is -0.493 e. The molecule has 1 aliphatic heterocycles. The van der Waals surface area contributed by atoms with Gasteiger partial charge < -0.3 is 14.8 Å². The zero-order valence-electron chi connectivity index (χ0n) is 15.0. The first-order chi connectivity index (χ1) is 13.2. The van der Waals surface area contributed by atoms with E-state index >= 15 is 0 Å². The third-order valence-electron chi connectivity index (χ3n) is 4.46. The molecule has 0 bridgehead atoms. The van der Waals surface area contributed by atoms with E-state index in [1.54, 1.807) is 25.1 Å². The van der Waals surface area contributed by atoms with Crippen molar-refractivity contribution in [1.29, 1.82) is 0 Å². The summed E-state index contributed by atoms with van der Waals surface area (Å²) in [5, 5.41) is 2.72. The monoisotopic (exact) mass is 454 g/mol. The van der Waals surface area contributed by atoms with E-state index in [0.29, 0.717) is 11.1 Å². The fourth-order valence-corrected chi connectivity index (χ4v) is 3.42. The van der Waals surface area contributed by atoms with Crippen LogP contribution in [0.4, 0.5) is 13.6 Å². The van der Waals surface area contributed by atoms with E-state index in [9.17, 15) is 18.4 Å². The third-order valence-corrected chi connectivity index (χ3v) is 4.95. The lowest BCUT2D eigenvalue weighted by Gasteiger charge is -2.22. The Morgan fingerprint density at radius 3 is 2.57 bits per heavy atom. The molecule has 1 heterocycles. The van der Waals surface area contributed by atoms with Gasteiger partial charge in [0.2, 0.25) is 0 Å². The fraction of sp³-hybridized carbons (Fsp3) is 0.263. The van der Waals surface area contributed by atoms with Gasteiger partial charge >= 0.3 is 12.6 Å². The quantitative estimate of drug-likeness (QED) is 0.669. The Labute approximate surface area is 168 Å². The number of nitrogens with one attached hydrogen (secondary N) is 1. The van der Waals surface area contributed by atoms with Gasteiger partial charge in [-0.2, -0.15) is 8.78 Å². The second-order valence-corrected chi connectivity index (χ2v) is 7.24. The highest BCUT2D eigenvalue weighted by molar-refractivity contribution is 9.10. The summed E-state index contributed by atoms with van der Waals surface area (Å²) in [7, 11) is 1.31. The number of hydrogen-bond acceptors (Lipinski definition) is 4. The number of rotatable bonds is 6. The van der Waals surface area contributed by atoms with E-state index in [0.717, 1.165) is 9.37 Å². The molecule has 148 valence electrons. The molecule has 0 spiro atoms. The first-order valence-electron chi connectivity index (χ1n) is 8.26. The summed E-state index contributed by atoms with van der Waals surface area (Å²) >= 11 is 3.36. The molecule has 9 heteroatoms. The average molecular weight is 455 g/mol. The third kappa shape index (κ3) is 3.80. The van der Waals surface area contributed by atoms with Gasteiger partial charge in [0.15, 0.2) is 11.5 Å². The van der Waals surface area contributed by atoms with E-state index in [1.807, 2.05) is 6.07 Å². The highest BCUT2D eigenvalue weighted by Crippen LogP contribution is 2.33. The van der Waals surface area contributed by atoms with E-state index in [4.69, 9.17) is 4.74 Å². The number of urea groups is 1. The first-order valence-corrected chi connectivity index (χ1v) is 9.06. The number of carbonyl (C=O) groups excluding carboxylic acids is 2. The summed E-state index contributed by atoms with van der Waals surface area (Å²) in [5.74, 6) is -0.459. The normalized spacial score (nSPS) is 19.1. The number of benzene rings is 2. The van der Waals surface area contributed by atoms with Gasteiger partial charge in [-0.15, -0.1) is 0 Å². The molecule has 3 rings (SSSR count). The molecule has 0 aromatic heterocycles. The number of imide groups is 1. The summed E-state index contributed by atoms with van der Waals surface area (Å²) in [5.41, 5.74) is -0.0367. The van der Waals surface area contributed by atoms with Crippen molar-refractivity contribution in [2.45, 2.75) is 25.6 Å². The van der Waals surface area contributed by atoms with Crippen molar-refractivity contribution in [3.05, 3.63) is 58.1 Å². The molecular formula is C19H17BrF2N2O4. The number of alkyl halides is 2. The van der Waals surface area contributed by atoms with E-state index in [2.05, 4.69) is 26.0 Å². The molecular weight excluding hydrogens is 438 g/mol. The number of ether oxygens (including phenoxy) is 2. The SMILES string of the molecule is COc1cc(CN2C(=O)NC(C)(c3cccc(Br)c3)C2=O)ccc1OC(F)F. The van der Waals surface area contributed by atoms with Gasteiger partial charge in [0, 0.05) is 4.47 Å². The van der Waals surface area contributed by atoms with Crippen LogP contribution in [0.5, 0.6) is 11.5 Å². The molecule has 6 nitrogen and oxygen atoms in total. The first kappa shape index (κ1) is 20.1. The Morgan fingerprint density at radius 1 is 1.18 bits per heavy atom. The highest BCUT2D eigenvalue weighted by Gasteiger charge is 2.48. The highest BCUT2D eigenvalue weighted by atomic mass is 79.9. The molecule has 1 unspecified atom stereocenters. The summed E-state index contributed by atoms with van der Waals surface area (Å²) in [4.78, 5) is 26.5. The maximum Gasteiger partial charge on any atom is 0.387 e. The smallest absolute Gasteiger partial charge is 0.387 e. The van der Waals surface area contributed by atoms with Crippen LogP contribution in [0.3, 0.4) is 0 Å². The molecule has 2 aromatic rings. The fourth-order valence-electron chi connectivity index (χ4n) is 3.02. The molecule has 0 saturated carbocycles. The molecule has 3 amide bonds. The zero-order chi connectivity index (χ0) is 20.5. The number of hydrogen-bond donors (Lipinski definition) is 1. The van der Waals surface area contributed by atoms with Gasteiger partial charge in [0.05, 0.1) is 13.7 Å². The Balaban J connectivity index is 1.85. The predicted octanol–water partition coefficient (Wildman–Crippen LogP) is 4.03. The molecule has 1 atom stereocenters. The molecule has 1 N–H and O–H groups in total. The number of carbonyl (C=O) groups is 2. The summed E-state index contributed by atoms with van der Waals surface area (Å²) in [6.45, 7) is -1.40. The number of halogens is 3. The van der Waals surface area contributed by atoms with Crippen molar-refractivity contribution < 1.29 is 27.8 Å². The molecule has 28 heavy (non-hydrogen) atoms. The van der Waals surface area contributed by atoms with Crippen LogP contribution in [-0.4, -0.2) is 30.6 Å².